The predicted molar refractivity (Wildman–Crippen MR) is 53.1 cm³/mol. The van der Waals surface area contributed by atoms with Crippen LogP contribution in [0.25, 0.3) is 0 Å². The molecule has 1 rings (SSSR count). The topological polar surface area (TPSA) is 69.6 Å². The van der Waals surface area contributed by atoms with Crippen molar-refractivity contribution in [2.24, 2.45) is 5.92 Å². The van der Waals surface area contributed by atoms with Crippen molar-refractivity contribution < 1.29 is 15.0 Å². The molecule has 82 valence electrons. The molecule has 1 aliphatic rings. The molecule has 0 bridgehead atoms. The van der Waals surface area contributed by atoms with Gasteiger partial charge in [-0.2, -0.15) is 0 Å². The van der Waals surface area contributed by atoms with E-state index in [2.05, 4.69) is 5.32 Å². The van der Waals surface area contributed by atoms with E-state index < -0.39 is 5.97 Å². The third-order valence-electron chi connectivity index (χ3n) is 2.83. The molecule has 1 aliphatic carbocycles. The van der Waals surface area contributed by atoms with Crippen molar-refractivity contribution in [3.63, 3.8) is 0 Å². The van der Waals surface area contributed by atoms with Gasteiger partial charge in [-0.15, -0.1) is 0 Å². The fraction of sp³-hybridized carbons (Fsp3) is 0.900. The van der Waals surface area contributed by atoms with E-state index in [1.54, 1.807) is 0 Å². The summed E-state index contributed by atoms with van der Waals surface area (Å²) < 4.78 is 0. The van der Waals surface area contributed by atoms with Gasteiger partial charge in [0.25, 0.3) is 0 Å². The summed E-state index contributed by atoms with van der Waals surface area (Å²) in [6.07, 6.45) is 2.97. The van der Waals surface area contributed by atoms with Crippen LogP contribution in [0.2, 0.25) is 0 Å². The number of aliphatic carboxylic acids is 1. The molecule has 0 aromatic heterocycles. The van der Waals surface area contributed by atoms with E-state index in [1.807, 2.05) is 6.92 Å². The van der Waals surface area contributed by atoms with Crippen LogP contribution in [0, 0.1) is 5.92 Å². The van der Waals surface area contributed by atoms with Crippen molar-refractivity contribution in [1.82, 2.24) is 5.32 Å². The minimum Gasteiger partial charge on any atom is -0.481 e. The Labute approximate surface area is 84.3 Å². The van der Waals surface area contributed by atoms with Crippen molar-refractivity contribution in [3.8, 4) is 0 Å². The molecule has 14 heavy (non-hydrogen) atoms. The van der Waals surface area contributed by atoms with Gasteiger partial charge >= 0.3 is 5.97 Å². The van der Waals surface area contributed by atoms with Gasteiger partial charge in [-0.25, -0.2) is 0 Å². The third-order valence-corrected chi connectivity index (χ3v) is 2.83. The second-order valence-electron chi connectivity index (χ2n) is 4.17. The number of nitrogens with one attached hydrogen (secondary N) is 1. The lowest BCUT2D eigenvalue weighted by atomic mass is 10.1. The van der Waals surface area contributed by atoms with Gasteiger partial charge in [0.1, 0.15) is 0 Å². The molecule has 3 N–H and O–H groups in total. The van der Waals surface area contributed by atoms with Crippen LogP contribution in [-0.4, -0.2) is 34.9 Å². The molecule has 1 fully saturated rings. The summed E-state index contributed by atoms with van der Waals surface area (Å²) in [5, 5.41) is 21.2. The first-order chi connectivity index (χ1) is 6.59. The molecule has 3 unspecified atom stereocenters. The fourth-order valence-corrected chi connectivity index (χ4v) is 1.94. The fourth-order valence-electron chi connectivity index (χ4n) is 1.94. The van der Waals surface area contributed by atoms with Crippen LogP contribution in [0.1, 0.15) is 32.6 Å². The summed E-state index contributed by atoms with van der Waals surface area (Å²) >= 11 is 0. The molecule has 1 saturated carbocycles. The lowest BCUT2D eigenvalue weighted by Gasteiger charge is -2.18. The van der Waals surface area contributed by atoms with E-state index in [0.29, 0.717) is 5.92 Å². The Morgan fingerprint density at radius 1 is 1.57 bits per heavy atom. The Balaban J connectivity index is 2.16. The average molecular weight is 201 g/mol. The standard InChI is InChI=1S/C10H19NO3/c1-7(5-10(13)14)11-6-8-3-2-4-9(8)12/h7-9,11-12H,2-6H2,1H3,(H,13,14). The third kappa shape index (κ3) is 3.64. The van der Waals surface area contributed by atoms with Crippen LogP contribution in [0.5, 0.6) is 0 Å². The minimum atomic E-state index is -0.781. The Morgan fingerprint density at radius 3 is 2.79 bits per heavy atom. The maximum absolute atomic E-state index is 10.4. The normalized spacial score (nSPS) is 29.0. The molecular weight excluding hydrogens is 182 g/mol. The Bertz CT molecular complexity index is 196. The van der Waals surface area contributed by atoms with Crippen LogP contribution < -0.4 is 5.32 Å². The number of rotatable bonds is 5. The second-order valence-corrected chi connectivity index (χ2v) is 4.17. The van der Waals surface area contributed by atoms with Gasteiger partial charge in [-0.05, 0) is 25.7 Å². The van der Waals surface area contributed by atoms with Crippen LogP contribution in [0.4, 0.5) is 0 Å². The minimum absolute atomic E-state index is 0.0136. The molecule has 0 aromatic carbocycles. The first-order valence-corrected chi connectivity index (χ1v) is 5.23. The van der Waals surface area contributed by atoms with E-state index >= 15 is 0 Å². The van der Waals surface area contributed by atoms with Gasteiger partial charge in [0, 0.05) is 12.6 Å². The van der Waals surface area contributed by atoms with Crippen LogP contribution in [-0.2, 0) is 4.79 Å². The summed E-state index contributed by atoms with van der Waals surface area (Å²) in [4.78, 5) is 10.4. The molecule has 0 saturated heterocycles. The predicted octanol–water partition coefficient (Wildman–Crippen LogP) is 0.600. The monoisotopic (exact) mass is 201 g/mol. The largest absolute Gasteiger partial charge is 0.481 e. The van der Waals surface area contributed by atoms with E-state index in [0.717, 1.165) is 25.8 Å². The molecular formula is C10H19NO3. The molecule has 4 heteroatoms. The molecule has 0 aromatic rings. The van der Waals surface area contributed by atoms with Crippen molar-refractivity contribution in [3.05, 3.63) is 0 Å². The highest BCUT2D eigenvalue weighted by atomic mass is 16.4. The maximum Gasteiger partial charge on any atom is 0.304 e. The summed E-state index contributed by atoms with van der Waals surface area (Å²) in [6.45, 7) is 2.59. The van der Waals surface area contributed by atoms with Gasteiger partial charge < -0.3 is 15.5 Å². The lowest BCUT2D eigenvalue weighted by molar-refractivity contribution is -0.137. The van der Waals surface area contributed by atoms with Crippen molar-refractivity contribution in [2.45, 2.75) is 44.8 Å². The maximum atomic E-state index is 10.4. The Hall–Kier alpha value is -0.610. The van der Waals surface area contributed by atoms with E-state index in [-0.39, 0.29) is 18.6 Å². The van der Waals surface area contributed by atoms with Crippen LogP contribution in [0.3, 0.4) is 0 Å². The first kappa shape index (κ1) is 11.5. The number of carboxylic acid groups (broad SMARTS) is 1. The molecule has 3 atom stereocenters. The van der Waals surface area contributed by atoms with E-state index in [9.17, 15) is 9.90 Å². The number of aliphatic hydroxyl groups is 1. The molecule has 0 spiro atoms. The van der Waals surface area contributed by atoms with Gasteiger partial charge in [-0.1, -0.05) is 6.42 Å². The van der Waals surface area contributed by atoms with Gasteiger partial charge in [0.2, 0.25) is 0 Å². The number of hydrogen-bond acceptors (Lipinski definition) is 3. The van der Waals surface area contributed by atoms with Gasteiger partial charge in [-0.3, -0.25) is 4.79 Å². The SMILES string of the molecule is CC(CC(=O)O)NCC1CCCC1O. The zero-order valence-corrected chi connectivity index (χ0v) is 8.57. The lowest BCUT2D eigenvalue weighted by Crippen LogP contribution is -2.35. The number of carboxylic acids is 1. The molecule has 0 amide bonds. The molecule has 0 aliphatic heterocycles. The van der Waals surface area contributed by atoms with E-state index in [1.165, 1.54) is 0 Å². The zero-order valence-electron chi connectivity index (χ0n) is 8.57. The van der Waals surface area contributed by atoms with Crippen molar-refractivity contribution in [2.75, 3.05) is 6.54 Å². The summed E-state index contributed by atoms with van der Waals surface area (Å²) in [6, 6.07) is -0.0136. The number of aliphatic hydroxyl groups excluding tert-OH is 1. The Kier molecular flexibility index (Phi) is 4.35. The van der Waals surface area contributed by atoms with Gasteiger partial charge in [0.05, 0.1) is 12.5 Å². The number of carbonyl (C=O) groups is 1. The molecule has 0 radical (unpaired) electrons. The molecule has 4 nitrogen and oxygen atoms in total. The van der Waals surface area contributed by atoms with E-state index in [4.69, 9.17) is 5.11 Å². The summed E-state index contributed by atoms with van der Waals surface area (Å²) in [5.74, 6) is -0.469. The highest BCUT2D eigenvalue weighted by Crippen LogP contribution is 2.24. The van der Waals surface area contributed by atoms with Crippen molar-refractivity contribution in [1.29, 1.82) is 0 Å². The quantitative estimate of drug-likeness (QED) is 0.609. The van der Waals surface area contributed by atoms with Crippen LogP contribution >= 0.6 is 0 Å². The van der Waals surface area contributed by atoms with Crippen LogP contribution in [0.15, 0.2) is 0 Å². The van der Waals surface area contributed by atoms with Crippen molar-refractivity contribution >= 4 is 5.97 Å². The Morgan fingerprint density at radius 2 is 2.29 bits per heavy atom. The first-order valence-electron chi connectivity index (χ1n) is 5.23. The molecule has 0 heterocycles. The highest BCUT2D eigenvalue weighted by Gasteiger charge is 2.25. The van der Waals surface area contributed by atoms with Gasteiger partial charge in [0.15, 0.2) is 0 Å². The second kappa shape index (κ2) is 5.32. The smallest absolute Gasteiger partial charge is 0.304 e. The average Bonchev–Trinajstić information content (AvgIpc) is 2.46. The summed E-state index contributed by atoms with van der Waals surface area (Å²) in [7, 11) is 0. The highest BCUT2D eigenvalue weighted by molar-refractivity contribution is 5.67. The number of hydrogen-bond donors (Lipinski definition) is 3. The summed E-state index contributed by atoms with van der Waals surface area (Å²) in [5.41, 5.74) is 0. The zero-order chi connectivity index (χ0) is 10.6.